The van der Waals surface area contributed by atoms with Crippen LogP contribution in [0, 0.1) is 11.8 Å². The number of carbonyl (C=O) groups is 1. The van der Waals surface area contributed by atoms with Gasteiger partial charge in [-0.1, -0.05) is 61.0 Å². The van der Waals surface area contributed by atoms with Gasteiger partial charge in [0.05, 0.1) is 20.8 Å². The van der Waals surface area contributed by atoms with Crippen molar-refractivity contribution in [2.45, 2.75) is 63.1 Å². The van der Waals surface area contributed by atoms with Crippen molar-refractivity contribution >= 4 is 17.6 Å². The van der Waals surface area contributed by atoms with Crippen LogP contribution in [0.5, 0.6) is 11.5 Å². The van der Waals surface area contributed by atoms with Crippen LogP contribution in [0.1, 0.15) is 55.7 Å². The quantitative estimate of drug-likeness (QED) is 0.239. The summed E-state index contributed by atoms with van der Waals surface area (Å²) in [5.41, 5.74) is 3.01. The SMILES string of the molecule is COC(=O)C1(Oc2cccc(Cl)c2)CCC2(CC1)c1ccccc1C[C@@H]2C[C@@H](C)COCc1ccc(OC)cc1. The summed E-state index contributed by atoms with van der Waals surface area (Å²) in [5, 5.41) is 0.581. The van der Waals surface area contributed by atoms with E-state index < -0.39 is 5.60 Å². The fourth-order valence-electron chi connectivity index (χ4n) is 6.89. The highest BCUT2D eigenvalue weighted by molar-refractivity contribution is 6.30. The number of hydrogen-bond donors (Lipinski definition) is 0. The Kier molecular flexibility index (Phi) is 8.72. The minimum atomic E-state index is -1.01. The van der Waals surface area contributed by atoms with Crippen LogP contribution in [-0.4, -0.2) is 32.4 Å². The first kappa shape index (κ1) is 28.5. The second kappa shape index (κ2) is 12.2. The first-order valence-corrected chi connectivity index (χ1v) is 14.6. The molecule has 0 amide bonds. The van der Waals surface area contributed by atoms with E-state index in [4.69, 9.17) is 30.5 Å². The molecule has 0 radical (unpaired) electrons. The second-order valence-corrected chi connectivity index (χ2v) is 11.9. The number of benzene rings is 3. The molecule has 5 rings (SSSR count). The van der Waals surface area contributed by atoms with E-state index in [1.807, 2.05) is 36.4 Å². The number of rotatable bonds is 10. The minimum Gasteiger partial charge on any atom is -0.497 e. The standard InChI is InChI=1S/C34H39ClO5/c1-24(22-39-23-25-11-13-29(37-2)14-12-25)19-27-20-26-7-4-5-10-31(26)33(27)15-17-34(18-16-33,32(36)38-3)40-30-9-6-8-28(35)21-30/h4-14,21,24,27H,15-20,22-23H2,1-3H3/t24-,27+,33?,34?/m1/s1. The number of hydrogen-bond acceptors (Lipinski definition) is 5. The van der Waals surface area contributed by atoms with E-state index in [2.05, 4.69) is 31.2 Å². The van der Waals surface area contributed by atoms with Crippen LogP contribution in [0.25, 0.3) is 0 Å². The summed E-state index contributed by atoms with van der Waals surface area (Å²) in [6.07, 6.45) is 5.04. The molecule has 0 bridgehead atoms. The number of carbonyl (C=O) groups excluding carboxylic acids is 1. The van der Waals surface area contributed by atoms with Crippen molar-refractivity contribution < 1.29 is 23.7 Å². The monoisotopic (exact) mass is 562 g/mol. The van der Waals surface area contributed by atoms with Gasteiger partial charge in [-0.2, -0.15) is 0 Å². The molecule has 3 aromatic carbocycles. The van der Waals surface area contributed by atoms with Crippen molar-refractivity contribution in [3.8, 4) is 11.5 Å². The van der Waals surface area contributed by atoms with Gasteiger partial charge in [-0.25, -0.2) is 4.79 Å². The lowest BCUT2D eigenvalue weighted by atomic mass is 9.60. The van der Waals surface area contributed by atoms with Gasteiger partial charge in [0.25, 0.3) is 0 Å². The number of halogens is 1. The van der Waals surface area contributed by atoms with E-state index in [0.29, 0.717) is 48.7 Å². The molecule has 1 spiro atoms. The van der Waals surface area contributed by atoms with Crippen LogP contribution in [-0.2, 0) is 32.7 Å². The molecule has 2 aliphatic rings. The van der Waals surface area contributed by atoms with Gasteiger partial charge in [0, 0.05) is 11.6 Å². The van der Waals surface area contributed by atoms with Gasteiger partial charge in [0.1, 0.15) is 11.5 Å². The lowest BCUT2D eigenvalue weighted by Gasteiger charge is -2.47. The Morgan fingerprint density at radius 2 is 1.70 bits per heavy atom. The van der Waals surface area contributed by atoms with Crippen LogP contribution in [0.2, 0.25) is 5.02 Å². The van der Waals surface area contributed by atoms with Crippen molar-refractivity contribution in [2.24, 2.45) is 11.8 Å². The summed E-state index contributed by atoms with van der Waals surface area (Å²) >= 11 is 6.22. The number of esters is 1. The smallest absolute Gasteiger partial charge is 0.350 e. The highest BCUT2D eigenvalue weighted by Gasteiger charge is 2.55. The van der Waals surface area contributed by atoms with Crippen LogP contribution >= 0.6 is 11.6 Å². The van der Waals surface area contributed by atoms with E-state index >= 15 is 0 Å². The van der Waals surface area contributed by atoms with Crippen molar-refractivity contribution in [3.63, 3.8) is 0 Å². The zero-order chi connectivity index (χ0) is 28.2. The third-order valence-corrected chi connectivity index (χ3v) is 9.17. The zero-order valence-electron chi connectivity index (χ0n) is 23.7. The highest BCUT2D eigenvalue weighted by Crippen LogP contribution is 2.56. The predicted octanol–water partition coefficient (Wildman–Crippen LogP) is 7.57. The molecule has 1 saturated carbocycles. The molecule has 0 heterocycles. The molecule has 0 saturated heterocycles. The van der Waals surface area contributed by atoms with Crippen LogP contribution < -0.4 is 9.47 Å². The van der Waals surface area contributed by atoms with Gasteiger partial charge >= 0.3 is 5.97 Å². The molecule has 3 aromatic rings. The van der Waals surface area contributed by atoms with Crippen molar-refractivity contribution in [2.75, 3.05) is 20.8 Å². The lowest BCUT2D eigenvalue weighted by molar-refractivity contribution is -0.164. The van der Waals surface area contributed by atoms with Crippen LogP contribution in [0.3, 0.4) is 0 Å². The largest absolute Gasteiger partial charge is 0.497 e. The third-order valence-electron chi connectivity index (χ3n) is 8.94. The maximum atomic E-state index is 13.2. The highest BCUT2D eigenvalue weighted by atomic mass is 35.5. The van der Waals surface area contributed by atoms with Gasteiger partial charge in [-0.3, -0.25) is 0 Å². The van der Waals surface area contributed by atoms with Gasteiger partial charge in [0.2, 0.25) is 5.60 Å². The molecule has 0 aromatic heterocycles. The fourth-order valence-corrected chi connectivity index (χ4v) is 7.07. The molecule has 5 nitrogen and oxygen atoms in total. The normalized spacial score (nSPS) is 24.4. The van der Waals surface area contributed by atoms with E-state index in [1.54, 1.807) is 19.2 Å². The summed E-state index contributed by atoms with van der Waals surface area (Å²) in [6, 6.07) is 24.1. The Morgan fingerprint density at radius 1 is 0.950 bits per heavy atom. The number of fused-ring (bicyclic) bond motifs is 2. The molecule has 40 heavy (non-hydrogen) atoms. The van der Waals surface area contributed by atoms with Gasteiger partial charge in [0.15, 0.2) is 0 Å². The van der Waals surface area contributed by atoms with E-state index in [-0.39, 0.29) is 11.4 Å². The van der Waals surface area contributed by atoms with Crippen LogP contribution in [0.15, 0.2) is 72.8 Å². The average molecular weight is 563 g/mol. The maximum absolute atomic E-state index is 13.2. The fraction of sp³-hybridized carbons (Fsp3) is 0.441. The molecule has 2 atom stereocenters. The molecule has 6 heteroatoms. The Labute approximate surface area is 242 Å². The number of methoxy groups -OCH3 is 2. The van der Waals surface area contributed by atoms with Crippen LogP contribution in [0.4, 0.5) is 0 Å². The van der Waals surface area contributed by atoms with E-state index in [1.165, 1.54) is 18.2 Å². The molecule has 0 aliphatic heterocycles. The Balaban J connectivity index is 1.29. The Hall–Kier alpha value is -3.02. The second-order valence-electron chi connectivity index (χ2n) is 11.5. The summed E-state index contributed by atoms with van der Waals surface area (Å²) < 4.78 is 23.1. The predicted molar refractivity (Wildman–Crippen MR) is 157 cm³/mol. The third kappa shape index (κ3) is 5.87. The van der Waals surface area contributed by atoms with E-state index in [0.717, 1.165) is 37.0 Å². The molecule has 2 aliphatic carbocycles. The molecule has 0 unspecified atom stereocenters. The van der Waals surface area contributed by atoms with Gasteiger partial charge in [-0.15, -0.1) is 0 Å². The van der Waals surface area contributed by atoms with Crippen molar-refractivity contribution in [1.29, 1.82) is 0 Å². The summed E-state index contributed by atoms with van der Waals surface area (Å²) in [4.78, 5) is 13.2. The zero-order valence-corrected chi connectivity index (χ0v) is 24.4. The van der Waals surface area contributed by atoms with Gasteiger partial charge in [-0.05, 0) is 103 Å². The Morgan fingerprint density at radius 3 is 2.40 bits per heavy atom. The maximum Gasteiger partial charge on any atom is 0.350 e. The molecule has 1 fully saturated rings. The molecule has 0 N–H and O–H groups in total. The summed E-state index contributed by atoms with van der Waals surface area (Å²) in [7, 11) is 3.12. The first-order valence-electron chi connectivity index (χ1n) is 14.2. The van der Waals surface area contributed by atoms with Crippen molar-refractivity contribution in [3.05, 3.63) is 94.5 Å². The lowest BCUT2D eigenvalue weighted by Crippen LogP contribution is -2.52. The number of ether oxygens (including phenoxy) is 4. The minimum absolute atomic E-state index is 0.00997. The Bertz CT molecular complexity index is 1300. The summed E-state index contributed by atoms with van der Waals surface area (Å²) in [6.45, 7) is 3.58. The first-order chi connectivity index (χ1) is 19.4. The molecular weight excluding hydrogens is 524 g/mol. The van der Waals surface area contributed by atoms with Crippen molar-refractivity contribution in [1.82, 2.24) is 0 Å². The topological polar surface area (TPSA) is 54.0 Å². The van der Waals surface area contributed by atoms with Gasteiger partial charge < -0.3 is 18.9 Å². The van der Waals surface area contributed by atoms with E-state index in [9.17, 15) is 4.79 Å². The molecular formula is C34H39ClO5. The summed E-state index contributed by atoms with van der Waals surface area (Å²) in [5.74, 6) is 2.02. The average Bonchev–Trinajstić information content (AvgIpc) is 3.26. The molecule has 212 valence electrons.